The lowest BCUT2D eigenvalue weighted by Gasteiger charge is -2.35. The summed E-state index contributed by atoms with van der Waals surface area (Å²) in [5.74, 6) is 1.26. The summed E-state index contributed by atoms with van der Waals surface area (Å²) in [5, 5.41) is 0. The van der Waals surface area contributed by atoms with Crippen molar-refractivity contribution >= 4 is 39.1 Å². The summed E-state index contributed by atoms with van der Waals surface area (Å²) in [4.78, 5) is 32.6. The fourth-order valence-electron chi connectivity index (χ4n) is 4.84. The highest BCUT2D eigenvalue weighted by Crippen LogP contribution is 2.43. The molecular weight excluding hydrogens is 528 g/mol. The number of thiazole rings is 1. The van der Waals surface area contributed by atoms with E-state index in [0.29, 0.717) is 39.2 Å². The van der Waals surface area contributed by atoms with E-state index >= 15 is 0 Å². The highest BCUT2D eigenvalue weighted by molar-refractivity contribution is 9.10. The molecule has 2 aromatic carbocycles. The van der Waals surface area contributed by atoms with Crippen molar-refractivity contribution < 1.29 is 14.3 Å². The van der Waals surface area contributed by atoms with Crippen molar-refractivity contribution in [2.45, 2.75) is 32.7 Å². The maximum absolute atomic E-state index is 13.8. The molecule has 35 heavy (non-hydrogen) atoms. The van der Waals surface area contributed by atoms with Gasteiger partial charge in [0, 0.05) is 16.5 Å². The highest BCUT2D eigenvalue weighted by atomic mass is 79.9. The first-order valence-electron chi connectivity index (χ1n) is 11.3. The Morgan fingerprint density at radius 2 is 1.86 bits per heavy atom. The van der Waals surface area contributed by atoms with Gasteiger partial charge in [0.05, 0.1) is 30.5 Å². The largest absolute Gasteiger partial charge is 0.493 e. The van der Waals surface area contributed by atoms with Crippen molar-refractivity contribution in [2.75, 3.05) is 14.2 Å². The third-order valence-electron chi connectivity index (χ3n) is 6.37. The normalized spacial score (nSPS) is 19.2. The standard InChI is InChI=1S/C27H25BrN2O4S/c1-27(2)13-18-23(19(31)14-27)24(16-6-5-7-17(28)12-16)30-25(32)22(35-26(30)29-18)11-15-8-9-20(33-3)21(10-15)34-4/h5-12,24H,13-14H2,1-4H3. The van der Waals surface area contributed by atoms with E-state index in [1.165, 1.54) is 11.3 Å². The summed E-state index contributed by atoms with van der Waals surface area (Å²) in [6.45, 7) is 4.18. The van der Waals surface area contributed by atoms with Crippen LogP contribution in [0.2, 0.25) is 0 Å². The van der Waals surface area contributed by atoms with Crippen LogP contribution in [0.5, 0.6) is 11.5 Å². The van der Waals surface area contributed by atoms with Gasteiger partial charge in [0.25, 0.3) is 5.56 Å². The average Bonchev–Trinajstić information content (AvgIpc) is 3.11. The van der Waals surface area contributed by atoms with Crippen LogP contribution in [-0.4, -0.2) is 24.6 Å². The van der Waals surface area contributed by atoms with E-state index in [1.807, 2.05) is 48.5 Å². The summed E-state index contributed by atoms with van der Waals surface area (Å²) < 4.78 is 13.9. The molecule has 6 nitrogen and oxygen atoms in total. The Hall–Kier alpha value is -2.97. The number of methoxy groups -OCH3 is 2. The number of ether oxygens (including phenoxy) is 2. The molecule has 2 aliphatic rings. The number of hydrogen-bond donors (Lipinski definition) is 0. The number of rotatable bonds is 4. The lowest BCUT2D eigenvalue weighted by atomic mass is 9.73. The number of carbonyl (C=O) groups excluding carboxylic acids is 1. The number of halogens is 1. The molecule has 0 amide bonds. The van der Waals surface area contributed by atoms with Crippen LogP contribution in [0.1, 0.15) is 43.9 Å². The smallest absolute Gasteiger partial charge is 0.271 e. The van der Waals surface area contributed by atoms with E-state index in [4.69, 9.17) is 14.5 Å². The number of allylic oxidation sites excluding steroid dienone is 2. The van der Waals surface area contributed by atoms with E-state index in [1.54, 1.807) is 18.8 Å². The molecule has 5 rings (SSSR count). The zero-order valence-corrected chi connectivity index (χ0v) is 22.3. The van der Waals surface area contributed by atoms with Crippen LogP contribution in [0.4, 0.5) is 0 Å². The van der Waals surface area contributed by atoms with Gasteiger partial charge in [-0.2, -0.15) is 0 Å². The fraction of sp³-hybridized carbons (Fsp3) is 0.296. The second kappa shape index (κ2) is 8.91. The van der Waals surface area contributed by atoms with E-state index in [0.717, 1.165) is 21.3 Å². The maximum Gasteiger partial charge on any atom is 0.271 e. The lowest BCUT2D eigenvalue weighted by molar-refractivity contribution is -0.118. The topological polar surface area (TPSA) is 69.9 Å². The second-order valence-corrected chi connectivity index (χ2v) is 11.5. The predicted molar refractivity (Wildman–Crippen MR) is 140 cm³/mol. The van der Waals surface area contributed by atoms with Gasteiger partial charge in [0.1, 0.15) is 0 Å². The summed E-state index contributed by atoms with van der Waals surface area (Å²) in [5.41, 5.74) is 2.78. The van der Waals surface area contributed by atoms with Gasteiger partial charge in [0.2, 0.25) is 0 Å². The van der Waals surface area contributed by atoms with Crippen LogP contribution in [-0.2, 0) is 4.79 Å². The molecule has 0 fully saturated rings. The lowest BCUT2D eigenvalue weighted by Crippen LogP contribution is -2.42. The third-order valence-corrected chi connectivity index (χ3v) is 7.84. The Morgan fingerprint density at radius 1 is 1.09 bits per heavy atom. The van der Waals surface area contributed by atoms with Crippen LogP contribution in [0.15, 0.2) is 68.0 Å². The number of carbonyl (C=O) groups is 1. The Balaban J connectivity index is 1.74. The molecule has 0 N–H and O–H groups in total. The summed E-state index contributed by atoms with van der Waals surface area (Å²) in [6, 6.07) is 12.8. The number of ketones is 1. The Kier molecular flexibility index (Phi) is 6.05. The van der Waals surface area contributed by atoms with Crippen LogP contribution in [0.3, 0.4) is 0 Å². The van der Waals surface area contributed by atoms with Crippen molar-refractivity contribution in [3.05, 3.63) is 89.0 Å². The predicted octanol–water partition coefficient (Wildman–Crippen LogP) is 4.38. The van der Waals surface area contributed by atoms with Crippen molar-refractivity contribution in [1.82, 2.24) is 4.57 Å². The first kappa shape index (κ1) is 23.8. The molecule has 3 aromatic rings. The molecule has 1 unspecified atom stereocenters. The molecule has 2 heterocycles. The minimum absolute atomic E-state index is 0.0548. The number of nitrogens with zero attached hydrogens (tertiary/aromatic N) is 2. The van der Waals surface area contributed by atoms with E-state index < -0.39 is 6.04 Å². The highest BCUT2D eigenvalue weighted by Gasteiger charge is 2.40. The number of aromatic nitrogens is 1. The van der Waals surface area contributed by atoms with Gasteiger partial charge in [-0.15, -0.1) is 0 Å². The van der Waals surface area contributed by atoms with Gasteiger partial charge in [-0.3, -0.25) is 14.2 Å². The zero-order valence-electron chi connectivity index (χ0n) is 19.9. The van der Waals surface area contributed by atoms with Crippen molar-refractivity contribution in [3.63, 3.8) is 0 Å². The van der Waals surface area contributed by atoms with Crippen molar-refractivity contribution in [3.8, 4) is 11.5 Å². The summed E-state index contributed by atoms with van der Waals surface area (Å²) in [7, 11) is 3.17. The van der Waals surface area contributed by atoms with E-state index in [9.17, 15) is 9.59 Å². The molecule has 1 aliphatic heterocycles. The first-order chi connectivity index (χ1) is 16.7. The molecule has 0 spiro atoms. The number of hydrogen-bond acceptors (Lipinski definition) is 6. The van der Waals surface area contributed by atoms with Gasteiger partial charge < -0.3 is 9.47 Å². The molecule has 1 aromatic heterocycles. The molecule has 1 aliphatic carbocycles. The Labute approximate surface area is 215 Å². The van der Waals surface area contributed by atoms with Crippen LogP contribution >= 0.6 is 27.3 Å². The minimum atomic E-state index is -0.505. The minimum Gasteiger partial charge on any atom is -0.493 e. The summed E-state index contributed by atoms with van der Waals surface area (Å²) >= 11 is 4.88. The summed E-state index contributed by atoms with van der Waals surface area (Å²) in [6.07, 6.45) is 2.96. The zero-order chi connectivity index (χ0) is 24.9. The van der Waals surface area contributed by atoms with Crippen LogP contribution < -0.4 is 24.4 Å². The van der Waals surface area contributed by atoms with Gasteiger partial charge in [0.15, 0.2) is 22.1 Å². The Morgan fingerprint density at radius 3 is 2.57 bits per heavy atom. The second-order valence-electron chi connectivity index (χ2n) is 9.55. The van der Waals surface area contributed by atoms with Crippen molar-refractivity contribution in [2.24, 2.45) is 10.4 Å². The van der Waals surface area contributed by atoms with Crippen LogP contribution in [0, 0.1) is 5.41 Å². The first-order valence-corrected chi connectivity index (χ1v) is 12.9. The molecule has 180 valence electrons. The van der Waals surface area contributed by atoms with Gasteiger partial charge >= 0.3 is 0 Å². The molecule has 0 saturated heterocycles. The number of fused-ring (bicyclic) bond motifs is 1. The molecule has 0 bridgehead atoms. The number of benzene rings is 2. The monoisotopic (exact) mass is 552 g/mol. The third kappa shape index (κ3) is 4.29. The molecule has 8 heteroatoms. The molecule has 1 atom stereocenters. The van der Waals surface area contributed by atoms with Gasteiger partial charge in [-0.25, -0.2) is 4.99 Å². The van der Waals surface area contributed by atoms with Crippen LogP contribution in [0.25, 0.3) is 6.08 Å². The maximum atomic E-state index is 13.8. The fourth-order valence-corrected chi connectivity index (χ4v) is 6.27. The quantitative estimate of drug-likeness (QED) is 0.481. The molecule has 0 radical (unpaired) electrons. The molecule has 0 saturated carbocycles. The van der Waals surface area contributed by atoms with E-state index in [-0.39, 0.29) is 16.8 Å². The number of Topliss-reactive ketones (excluding diaryl/α,β-unsaturated/α-hetero) is 1. The van der Waals surface area contributed by atoms with Gasteiger partial charge in [-0.05, 0) is 53.3 Å². The van der Waals surface area contributed by atoms with Crippen molar-refractivity contribution in [1.29, 1.82) is 0 Å². The Bertz CT molecular complexity index is 1560. The average molecular weight is 553 g/mol. The van der Waals surface area contributed by atoms with E-state index in [2.05, 4.69) is 29.8 Å². The molecular formula is C27H25BrN2O4S. The van der Waals surface area contributed by atoms with Gasteiger partial charge in [-0.1, -0.05) is 59.3 Å². The SMILES string of the molecule is COc1ccc(C=c2sc3n(c2=O)C(c2cccc(Br)c2)C2=C(CC(C)(C)CC2=O)N=3)cc1OC.